The van der Waals surface area contributed by atoms with Gasteiger partial charge in [0.15, 0.2) is 0 Å². The molecular weight excluding hydrogens is 170 g/mol. The molecule has 0 fully saturated rings. The highest BCUT2D eigenvalue weighted by molar-refractivity contribution is 4.79. The van der Waals surface area contributed by atoms with Crippen molar-refractivity contribution in [1.82, 2.24) is 5.32 Å². The highest BCUT2D eigenvalue weighted by Gasteiger charge is 2.11. The van der Waals surface area contributed by atoms with Gasteiger partial charge in [0.25, 0.3) is 0 Å². The van der Waals surface area contributed by atoms with Gasteiger partial charge in [-0.3, -0.25) is 0 Å². The van der Waals surface area contributed by atoms with Gasteiger partial charge in [-0.15, -0.1) is 6.58 Å². The first-order valence-corrected chi connectivity index (χ1v) is 5.77. The Labute approximate surface area is 90.0 Å². The van der Waals surface area contributed by atoms with E-state index < -0.39 is 0 Å². The van der Waals surface area contributed by atoms with Gasteiger partial charge in [-0.2, -0.15) is 0 Å². The second-order valence-electron chi connectivity index (χ2n) is 5.34. The van der Waals surface area contributed by atoms with E-state index >= 15 is 0 Å². The number of hydrogen-bond acceptors (Lipinski definition) is 1. The zero-order valence-corrected chi connectivity index (χ0v) is 10.4. The van der Waals surface area contributed by atoms with Gasteiger partial charge in [0, 0.05) is 0 Å². The maximum Gasteiger partial charge on any atom is -0.00463 e. The summed E-state index contributed by atoms with van der Waals surface area (Å²) in [5, 5.41) is 3.19. The molecule has 1 heteroatoms. The summed E-state index contributed by atoms with van der Waals surface area (Å²) >= 11 is 0. The van der Waals surface area contributed by atoms with E-state index in [1.54, 1.807) is 0 Å². The minimum Gasteiger partial charge on any atom is -0.320 e. The molecule has 0 aromatic carbocycles. The Kier molecular flexibility index (Phi) is 6.90. The summed E-state index contributed by atoms with van der Waals surface area (Å²) < 4.78 is 0. The molecule has 0 bridgehead atoms. The van der Waals surface area contributed by atoms with Crippen molar-refractivity contribution in [2.45, 2.75) is 46.5 Å². The number of allylic oxidation sites excluding steroid dienone is 1. The molecule has 0 heterocycles. The van der Waals surface area contributed by atoms with Crippen molar-refractivity contribution in [3.63, 3.8) is 0 Å². The van der Waals surface area contributed by atoms with Crippen LogP contribution in [0.15, 0.2) is 12.7 Å². The predicted molar refractivity (Wildman–Crippen MR) is 65.5 cm³/mol. The third kappa shape index (κ3) is 8.31. The lowest BCUT2D eigenvalue weighted by Crippen LogP contribution is -2.12. The van der Waals surface area contributed by atoms with Crippen LogP contribution in [0.3, 0.4) is 0 Å². The molecule has 1 N–H and O–H groups in total. The van der Waals surface area contributed by atoms with E-state index in [1.165, 1.54) is 25.7 Å². The average molecular weight is 197 g/mol. The molecule has 0 aliphatic rings. The SMILES string of the molecule is C=CC(CCCC(C)(C)C)CCNC. The minimum absolute atomic E-state index is 0.481. The quantitative estimate of drug-likeness (QED) is 0.615. The van der Waals surface area contributed by atoms with Crippen LogP contribution < -0.4 is 5.32 Å². The molecule has 0 amide bonds. The van der Waals surface area contributed by atoms with Crippen molar-refractivity contribution in [2.75, 3.05) is 13.6 Å². The summed E-state index contributed by atoms with van der Waals surface area (Å²) in [6.07, 6.45) is 7.27. The van der Waals surface area contributed by atoms with Crippen LogP contribution in [0.5, 0.6) is 0 Å². The van der Waals surface area contributed by atoms with Gasteiger partial charge in [0.1, 0.15) is 0 Å². The first-order chi connectivity index (χ1) is 6.49. The predicted octanol–water partition coefficient (Wildman–Crippen LogP) is 3.61. The first kappa shape index (κ1) is 13.7. The van der Waals surface area contributed by atoms with Crippen LogP contribution in [-0.4, -0.2) is 13.6 Å². The maximum absolute atomic E-state index is 3.90. The number of hydrogen-bond donors (Lipinski definition) is 1. The summed E-state index contributed by atoms with van der Waals surface area (Å²) in [5.74, 6) is 0.699. The molecule has 0 aliphatic carbocycles. The lowest BCUT2D eigenvalue weighted by atomic mass is 9.87. The molecule has 0 spiro atoms. The lowest BCUT2D eigenvalue weighted by Gasteiger charge is -2.19. The Balaban J connectivity index is 3.57. The molecule has 0 aliphatic heterocycles. The molecular formula is C13H27N. The molecule has 0 saturated heterocycles. The molecule has 1 atom stereocenters. The van der Waals surface area contributed by atoms with Crippen molar-refractivity contribution >= 4 is 0 Å². The van der Waals surface area contributed by atoms with Crippen LogP contribution in [-0.2, 0) is 0 Å². The minimum atomic E-state index is 0.481. The largest absolute Gasteiger partial charge is 0.320 e. The second-order valence-corrected chi connectivity index (χ2v) is 5.34. The Bertz CT molecular complexity index is 144. The maximum atomic E-state index is 3.90. The molecule has 0 radical (unpaired) electrons. The van der Waals surface area contributed by atoms with Gasteiger partial charge in [-0.1, -0.05) is 33.3 Å². The van der Waals surface area contributed by atoms with Gasteiger partial charge in [-0.25, -0.2) is 0 Å². The molecule has 1 unspecified atom stereocenters. The summed E-state index contributed by atoms with van der Waals surface area (Å²) in [7, 11) is 2.01. The molecule has 14 heavy (non-hydrogen) atoms. The molecule has 0 rings (SSSR count). The standard InChI is InChI=1S/C13H27N/c1-6-12(9-11-14-5)8-7-10-13(2,3)4/h6,12,14H,1,7-11H2,2-5H3. The van der Waals surface area contributed by atoms with E-state index in [0.717, 1.165) is 6.54 Å². The molecule has 84 valence electrons. The van der Waals surface area contributed by atoms with Gasteiger partial charge in [0.2, 0.25) is 0 Å². The van der Waals surface area contributed by atoms with E-state index in [1.807, 2.05) is 7.05 Å². The fourth-order valence-corrected chi connectivity index (χ4v) is 1.60. The number of nitrogens with one attached hydrogen (secondary N) is 1. The summed E-state index contributed by atoms with van der Waals surface area (Å²) in [6, 6.07) is 0. The van der Waals surface area contributed by atoms with Crippen molar-refractivity contribution in [2.24, 2.45) is 11.3 Å². The van der Waals surface area contributed by atoms with E-state index in [0.29, 0.717) is 11.3 Å². The summed E-state index contributed by atoms with van der Waals surface area (Å²) in [5.41, 5.74) is 0.481. The molecule has 0 aromatic rings. The highest BCUT2D eigenvalue weighted by atomic mass is 14.8. The average Bonchev–Trinajstić information content (AvgIpc) is 2.09. The molecule has 0 saturated carbocycles. The smallest absolute Gasteiger partial charge is 0.00463 e. The Morgan fingerprint density at radius 3 is 2.36 bits per heavy atom. The zero-order chi connectivity index (χ0) is 11.0. The van der Waals surface area contributed by atoms with E-state index in [4.69, 9.17) is 0 Å². The van der Waals surface area contributed by atoms with E-state index in [-0.39, 0.29) is 0 Å². The van der Waals surface area contributed by atoms with Gasteiger partial charge < -0.3 is 5.32 Å². The van der Waals surface area contributed by atoms with E-state index in [2.05, 4.69) is 38.7 Å². The normalized spacial score (nSPS) is 14.0. The van der Waals surface area contributed by atoms with Crippen LogP contribution in [0.25, 0.3) is 0 Å². The van der Waals surface area contributed by atoms with Crippen LogP contribution in [0, 0.1) is 11.3 Å². The van der Waals surface area contributed by atoms with Crippen LogP contribution in [0.2, 0.25) is 0 Å². The van der Waals surface area contributed by atoms with Gasteiger partial charge in [-0.05, 0) is 44.2 Å². The fourth-order valence-electron chi connectivity index (χ4n) is 1.60. The highest BCUT2D eigenvalue weighted by Crippen LogP contribution is 2.24. The Hall–Kier alpha value is -0.300. The monoisotopic (exact) mass is 197 g/mol. The van der Waals surface area contributed by atoms with Gasteiger partial charge >= 0.3 is 0 Å². The first-order valence-electron chi connectivity index (χ1n) is 5.77. The van der Waals surface area contributed by atoms with Crippen LogP contribution >= 0.6 is 0 Å². The third-order valence-electron chi connectivity index (χ3n) is 2.60. The van der Waals surface area contributed by atoms with Crippen molar-refractivity contribution in [3.05, 3.63) is 12.7 Å². The van der Waals surface area contributed by atoms with Crippen LogP contribution in [0.1, 0.15) is 46.5 Å². The third-order valence-corrected chi connectivity index (χ3v) is 2.60. The second kappa shape index (κ2) is 7.05. The Morgan fingerprint density at radius 2 is 1.93 bits per heavy atom. The zero-order valence-electron chi connectivity index (χ0n) is 10.4. The fraction of sp³-hybridized carbons (Fsp3) is 0.846. The summed E-state index contributed by atoms with van der Waals surface area (Å²) in [4.78, 5) is 0. The van der Waals surface area contributed by atoms with Crippen molar-refractivity contribution in [3.8, 4) is 0 Å². The Morgan fingerprint density at radius 1 is 1.29 bits per heavy atom. The topological polar surface area (TPSA) is 12.0 Å². The van der Waals surface area contributed by atoms with Gasteiger partial charge in [0.05, 0.1) is 0 Å². The van der Waals surface area contributed by atoms with Crippen molar-refractivity contribution < 1.29 is 0 Å². The lowest BCUT2D eigenvalue weighted by molar-refractivity contribution is 0.345. The van der Waals surface area contributed by atoms with E-state index in [9.17, 15) is 0 Å². The van der Waals surface area contributed by atoms with Crippen molar-refractivity contribution in [1.29, 1.82) is 0 Å². The summed E-state index contributed by atoms with van der Waals surface area (Å²) in [6.45, 7) is 11.9. The number of rotatable bonds is 7. The molecule has 0 aromatic heterocycles. The molecule has 1 nitrogen and oxygen atoms in total. The van der Waals surface area contributed by atoms with Crippen LogP contribution in [0.4, 0.5) is 0 Å².